The molecule has 33 heavy (non-hydrogen) atoms. The number of nitro benzene ring substituents is 1. The Morgan fingerprint density at radius 2 is 1.70 bits per heavy atom. The van der Waals surface area contributed by atoms with Gasteiger partial charge in [-0.2, -0.15) is 0 Å². The molecule has 2 heterocycles. The molecule has 4 rings (SSSR count). The summed E-state index contributed by atoms with van der Waals surface area (Å²) in [6, 6.07) is 10.2. The maximum Gasteiger partial charge on any atom is 0.316 e. The second-order valence-electron chi connectivity index (χ2n) is 8.02. The topological polar surface area (TPSA) is 127 Å². The van der Waals surface area contributed by atoms with Crippen LogP contribution in [-0.4, -0.2) is 35.2 Å². The van der Waals surface area contributed by atoms with Crippen LogP contribution < -0.4 is 14.5 Å². The van der Waals surface area contributed by atoms with E-state index in [1.165, 1.54) is 40.1 Å². The summed E-state index contributed by atoms with van der Waals surface area (Å²) in [6.07, 6.45) is 1.12. The molecule has 0 N–H and O–H groups in total. The molecule has 0 radical (unpaired) electrons. The van der Waals surface area contributed by atoms with E-state index in [-0.39, 0.29) is 42.1 Å². The van der Waals surface area contributed by atoms with Gasteiger partial charge in [0.05, 0.1) is 16.5 Å². The average Bonchev–Trinajstić information content (AvgIpc) is 3.17. The molecule has 0 saturated carbocycles. The van der Waals surface area contributed by atoms with Crippen molar-refractivity contribution in [2.45, 2.75) is 32.6 Å². The monoisotopic (exact) mass is 451 g/mol. The first-order chi connectivity index (χ1) is 15.7. The molecule has 2 aliphatic heterocycles. The van der Waals surface area contributed by atoms with Crippen LogP contribution in [0.25, 0.3) is 0 Å². The van der Waals surface area contributed by atoms with Crippen molar-refractivity contribution >= 4 is 40.8 Å². The lowest BCUT2D eigenvalue weighted by Crippen LogP contribution is -2.40. The Labute approximate surface area is 188 Å². The van der Waals surface area contributed by atoms with E-state index in [9.17, 15) is 29.3 Å². The van der Waals surface area contributed by atoms with Crippen molar-refractivity contribution in [2.75, 3.05) is 16.3 Å². The molecule has 1 atom stereocenters. The fourth-order valence-corrected chi connectivity index (χ4v) is 4.03. The van der Waals surface area contributed by atoms with E-state index in [0.717, 1.165) is 0 Å². The number of nitrogens with zero attached hydrogens (tertiary/aromatic N) is 3. The minimum absolute atomic E-state index is 0.0380. The van der Waals surface area contributed by atoms with Crippen LogP contribution in [0.2, 0.25) is 0 Å². The number of imide groups is 1. The summed E-state index contributed by atoms with van der Waals surface area (Å²) >= 11 is 0. The van der Waals surface area contributed by atoms with Crippen molar-refractivity contribution in [2.24, 2.45) is 5.92 Å². The van der Waals surface area contributed by atoms with Gasteiger partial charge in [-0.1, -0.05) is 0 Å². The van der Waals surface area contributed by atoms with Crippen LogP contribution in [-0.2, 0) is 19.2 Å². The molecular formula is C23H21N3O7. The number of amides is 3. The van der Waals surface area contributed by atoms with Gasteiger partial charge in [0.15, 0.2) is 0 Å². The van der Waals surface area contributed by atoms with E-state index in [1.54, 1.807) is 19.1 Å². The van der Waals surface area contributed by atoms with Crippen LogP contribution in [0.4, 0.5) is 17.1 Å². The maximum absolute atomic E-state index is 12.7. The molecule has 2 aromatic carbocycles. The molecule has 10 nitrogen and oxygen atoms in total. The highest BCUT2D eigenvalue weighted by Crippen LogP contribution is 2.31. The van der Waals surface area contributed by atoms with Gasteiger partial charge in [0.2, 0.25) is 17.7 Å². The summed E-state index contributed by atoms with van der Waals surface area (Å²) in [4.78, 5) is 62.3. The fraction of sp³-hybridized carbons (Fsp3) is 0.304. The van der Waals surface area contributed by atoms with Crippen LogP contribution in [0.5, 0.6) is 5.75 Å². The number of aryl methyl sites for hydroxylation is 1. The minimum Gasteiger partial charge on any atom is -0.426 e. The van der Waals surface area contributed by atoms with Gasteiger partial charge in [-0.05, 0) is 49.2 Å². The number of hydrogen-bond donors (Lipinski definition) is 0. The third kappa shape index (κ3) is 4.45. The Morgan fingerprint density at radius 1 is 1.03 bits per heavy atom. The number of carbonyl (C=O) groups is 4. The first-order valence-corrected chi connectivity index (χ1v) is 10.5. The summed E-state index contributed by atoms with van der Waals surface area (Å²) in [7, 11) is 0. The minimum atomic E-state index is -0.696. The number of piperidine rings is 1. The zero-order chi connectivity index (χ0) is 23.7. The van der Waals surface area contributed by atoms with E-state index < -0.39 is 16.8 Å². The van der Waals surface area contributed by atoms with Crippen molar-refractivity contribution in [1.29, 1.82) is 0 Å². The second-order valence-corrected chi connectivity index (χ2v) is 8.02. The number of nitro groups is 1. The molecule has 2 aromatic rings. The van der Waals surface area contributed by atoms with E-state index in [2.05, 4.69) is 0 Å². The number of hydrogen-bond acceptors (Lipinski definition) is 7. The van der Waals surface area contributed by atoms with Gasteiger partial charge in [0, 0.05) is 43.6 Å². The second kappa shape index (κ2) is 8.81. The van der Waals surface area contributed by atoms with Gasteiger partial charge in [-0.15, -0.1) is 0 Å². The molecular weight excluding hydrogens is 430 g/mol. The van der Waals surface area contributed by atoms with Crippen molar-refractivity contribution in [1.82, 2.24) is 0 Å². The summed E-state index contributed by atoms with van der Waals surface area (Å²) in [5.41, 5.74) is 1.45. The molecule has 0 unspecified atom stereocenters. The Kier molecular flexibility index (Phi) is 5.91. The lowest BCUT2D eigenvalue weighted by atomic mass is 10.1. The van der Waals surface area contributed by atoms with Crippen LogP contribution in [0.15, 0.2) is 42.5 Å². The lowest BCUT2D eigenvalue weighted by molar-refractivity contribution is -0.384. The van der Waals surface area contributed by atoms with Crippen LogP contribution in [0, 0.1) is 23.0 Å². The molecule has 0 aliphatic carbocycles. The highest BCUT2D eigenvalue weighted by atomic mass is 16.6. The van der Waals surface area contributed by atoms with Gasteiger partial charge >= 0.3 is 5.97 Å². The lowest BCUT2D eigenvalue weighted by Gasteiger charge is -2.26. The normalized spacial score (nSPS) is 18.6. The Morgan fingerprint density at radius 3 is 2.30 bits per heavy atom. The molecule has 0 aromatic heterocycles. The van der Waals surface area contributed by atoms with Gasteiger partial charge in [0.25, 0.3) is 5.69 Å². The van der Waals surface area contributed by atoms with Crippen molar-refractivity contribution in [3.63, 3.8) is 0 Å². The standard InChI is InChI=1S/C23H21N3O7/c1-14-11-18(9-10-19(14)25-20(27)3-2-4-21(25)28)33-23(30)15-12-22(29)24(13-15)16-5-7-17(8-6-16)26(31)32/h5-11,15H,2-4,12-13H2,1H3/t15-/m1/s1. The van der Waals surface area contributed by atoms with Gasteiger partial charge in [-0.25, -0.2) is 0 Å². The summed E-state index contributed by atoms with van der Waals surface area (Å²) < 4.78 is 5.46. The first kappa shape index (κ1) is 22.1. The zero-order valence-electron chi connectivity index (χ0n) is 17.9. The SMILES string of the molecule is Cc1cc(OC(=O)[C@@H]2CC(=O)N(c3ccc([N+](=O)[O-])cc3)C2)ccc1N1C(=O)CCCC1=O. The van der Waals surface area contributed by atoms with Gasteiger partial charge in [-0.3, -0.25) is 34.2 Å². The van der Waals surface area contributed by atoms with Gasteiger partial charge < -0.3 is 9.64 Å². The molecule has 2 aliphatic rings. The number of anilines is 2. The molecule has 10 heteroatoms. The summed E-state index contributed by atoms with van der Waals surface area (Å²) in [5.74, 6) is -1.81. The Balaban J connectivity index is 1.43. The summed E-state index contributed by atoms with van der Waals surface area (Å²) in [6.45, 7) is 1.82. The third-order valence-electron chi connectivity index (χ3n) is 5.74. The number of ether oxygens (including phenoxy) is 1. The van der Waals surface area contributed by atoms with Crippen LogP contribution >= 0.6 is 0 Å². The molecule has 170 valence electrons. The molecule has 3 amide bonds. The predicted octanol–water partition coefficient (Wildman–Crippen LogP) is 2.91. The van der Waals surface area contributed by atoms with Crippen LogP contribution in [0.1, 0.15) is 31.2 Å². The average molecular weight is 451 g/mol. The zero-order valence-corrected chi connectivity index (χ0v) is 17.9. The number of rotatable bonds is 5. The van der Waals surface area contributed by atoms with E-state index in [1.807, 2.05) is 0 Å². The highest BCUT2D eigenvalue weighted by molar-refractivity contribution is 6.16. The Hall–Kier alpha value is -4.08. The molecule has 0 spiro atoms. The van der Waals surface area contributed by atoms with Gasteiger partial charge in [0.1, 0.15) is 5.75 Å². The molecule has 2 saturated heterocycles. The first-order valence-electron chi connectivity index (χ1n) is 10.5. The highest BCUT2D eigenvalue weighted by Gasteiger charge is 2.37. The maximum atomic E-state index is 12.7. The molecule has 2 fully saturated rings. The fourth-order valence-electron chi connectivity index (χ4n) is 4.03. The third-order valence-corrected chi connectivity index (χ3v) is 5.74. The number of esters is 1. The number of non-ortho nitro benzene ring substituents is 1. The largest absolute Gasteiger partial charge is 0.426 e. The smallest absolute Gasteiger partial charge is 0.316 e. The van der Waals surface area contributed by atoms with E-state index in [4.69, 9.17) is 4.74 Å². The number of carbonyl (C=O) groups excluding carboxylic acids is 4. The van der Waals surface area contributed by atoms with Crippen molar-refractivity contribution in [3.8, 4) is 5.75 Å². The predicted molar refractivity (Wildman–Crippen MR) is 117 cm³/mol. The van der Waals surface area contributed by atoms with Crippen molar-refractivity contribution in [3.05, 3.63) is 58.1 Å². The van der Waals surface area contributed by atoms with E-state index >= 15 is 0 Å². The number of benzene rings is 2. The Bertz CT molecular complexity index is 1140. The van der Waals surface area contributed by atoms with E-state index in [0.29, 0.717) is 36.2 Å². The summed E-state index contributed by atoms with van der Waals surface area (Å²) in [5, 5.41) is 10.8. The van der Waals surface area contributed by atoms with Crippen molar-refractivity contribution < 1.29 is 28.8 Å². The van der Waals surface area contributed by atoms with Crippen LogP contribution in [0.3, 0.4) is 0 Å². The quantitative estimate of drug-likeness (QED) is 0.225. The molecule has 0 bridgehead atoms.